The number of hydrogen-bond acceptors (Lipinski definition) is 4. The highest BCUT2D eigenvalue weighted by Gasteiger charge is 2.34. The van der Waals surface area contributed by atoms with Crippen molar-refractivity contribution in [2.45, 2.75) is 51.7 Å². The summed E-state index contributed by atoms with van der Waals surface area (Å²) in [5, 5.41) is 2.97. The molecule has 2 atom stereocenters. The lowest BCUT2D eigenvalue weighted by atomic mass is 10.0. The van der Waals surface area contributed by atoms with Crippen molar-refractivity contribution in [2.24, 2.45) is 0 Å². The van der Waals surface area contributed by atoms with E-state index < -0.39 is 12.1 Å². The minimum absolute atomic E-state index is 0.107. The highest BCUT2D eigenvalue weighted by molar-refractivity contribution is 5.98. The van der Waals surface area contributed by atoms with Gasteiger partial charge < -0.3 is 19.7 Å². The van der Waals surface area contributed by atoms with Gasteiger partial charge >= 0.3 is 0 Å². The molecule has 6 heteroatoms. The third-order valence-corrected chi connectivity index (χ3v) is 4.81. The van der Waals surface area contributed by atoms with Crippen molar-refractivity contribution in [3.05, 3.63) is 23.8 Å². The van der Waals surface area contributed by atoms with E-state index in [1.165, 1.54) is 0 Å². The predicted octanol–water partition coefficient (Wildman–Crippen LogP) is 2.37. The molecule has 6 nitrogen and oxygen atoms in total. The highest BCUT2D eigenvalue weighted by Crippen LogP contribution is 2.28. The molecule has 2 amide bonds. The van der Waals surface area contributed by atoms with E-state index in [1.807, 2.05) is 25.1 Å². The van der Waals surface area contributed by atoms with Gasteiger partial charge in [0.2, 0.25) is 5.91 Å². The molecule has 136 valence electrons. The first-order valence-corrected chi connectivity index (χ1v) is 9.09. The van der Waals surface area contributed by atoms with Crippen LogP contribution in [0.3, 0.4) is 0 Å². The van der Waals surface area contributed by atoms with Crippen LogP contribution in [0, 0.1) is 0 Å². The number of carbonyl (C=O) groups is 2. The maximum absolute atomic E-state index is 12.8. The Bertz CT molecular complexity index is 646. The van der Waals surface area contributed by atoms with Gasteiger partial charge in [0, 0.05) is 25.3 Å². The molecule has 2 heterocycles. The molecule has 3 rings (SSSR count). The molecule has 0 aromatic heterocycles. The van der Waals surface area contributed by atoms with Crippen molar-refractivity contribution in [3.63, 3.8) is 0 Å². The molecular weight excluding hydrogens is 320 g/mol. The third-order valence-electron chi connectivity index (χ3n) is 4.81. The number of carbonyl (C=O) groups excluding carboxylic acids is 2. The molecule has 1 fully saturated rings. The second kappa shape index (κ2) is 7.87. The zero-order chi connectivity index (χ0) is 17.8. The number of amides is 2. The predicted molar refractivity (Wildman–Crippen MR) is 94.7 cm³/mol. The number of anilines is 1. The van der Waals surface area contributed by atoms with Crippen LogP contribution in [-0.4, -0.2) is 48.6 Å². The van der Waals surface area contributed by atoms with Crippen LogP contribution >= 0.6 is 0 Å². The standard InChI is InChI=1S/C19H26N2O4/c1-3-24-13(2)19(23)21-10-5-4-6-16(21)18(22)20-15-7-8-17-14(12-15)9-11-25-17/h7-8,12-13,16H,3-6,9-11H2,1-2H3,(H,20,22)/t13-,16-/m0/s1. The fourth-order valence-corrected chi connectivity index (χ4v) is 3.51. The lowest BCUT2D eigenvalue weighted by molar-refractivity contribution is -0.149. The Morgan fingerprint density at radius 2 is 2.24 bits per heavy atom. The molecule has 1 saturated heterocycles. The quantitative estimate of drug-likeness (QED) is 0.889. The summed E-state index contributed by atoms with van der Waals surface area (Å²) in [7, 11) is 0. The van der Waals surface area contributed by atoms with E-state index in [-0.39, 0.29) is 11.8 Å². The van der Waals surface area contributed by atoms with Gasteiger partial charge in [0.1, 0.15) is 17.9 Å². The van der Waals surface area contributed by atoms with Crippen LogP contribution in [-0.2, 0) is 20.7 Å². The largest absolute Gasteiger partial charge is 0.493 e. The maximum Gasteiger partial charge on any atom is 0.252 e. The lowest BCUT2D eigenvalue weighted by Crippen LogP contribution is -2.53. The first-order chi connectivity index (χ1) is 12.1. The minimum atomic E-state index is -0.518. The van der Waals surface area contributed by atoms with Crippen molar-refractivity contribution >= 4 is 17.5 Å². The van der Waals surface area contributed by atoms with Crippen LogP contribution in [0.1, 0.15) is 38.7 Å². The average Bonchev–Trinajstić information content (AvgIpc) is 3.09. The Balaban J connectivity index is 1.69. The third kappa shape index (κ3) is 3.95. The van der Waals surface area contributed by atoms with Gasteiger partial charge in [0.25, 0.3) is 5.91 Å². The Kier molecular flexibility index (Phi) is 5.58. The molecule has 0 aliphatic carbocycles. The van der Waals surface area contributed by atoms with Crippen molar-refractivity contribution in [1.82, 2.24) is 4.90 Å². The Labute approximate surface area is 148 Å². The normalized spacial score (nSPS) is 20.6. The topological polar surface area (TPSA) is 67.9 Å². The van der Waals surface area contributed by atoms with Gasteiger partial charge in [0.05, 0.1) is 6.61 Å². The molecule has 1 aromatic carbocycles. The number of benzene rings is 1. The van der Waals surface area contributed by atoms with Crippen molar-refractivity contribution in [3.8, 4) is 5.75 Å². The number of fused-ring (bicyclic) bond motifs is 1. The lowest BCUT2D eigenvalue weighted by Gasteiger charge is -2.36. The fraction of sp³-hybridized carbons (Fsp3) is 0.579. The van der Waals surface area contributed by atoms with Crippen LogP contribution in [0.5, 0.6) is 5.75 Å². The first-order valence-electron chi connectivity index (χ1n) is 9.09. The molecule has 0 spiro atoms. The summed E-state index contributed by atoms with van der Waals surface area (Å²) in [6, 6.07) is 5.25. The molecule has 0 bridgehead atoms. The smallest absolute Gasteiger partial charge is 0.252 e. The molecular formula is C19H26N2O4. The number of piperidine rings is 1. The number of ether oxygens (including phenoxy) is 2. The fourth-order valence-electron chi connectivity index (χ4n) is 3.51. The van der Waals surface area contributed by atoms with Crippen molar-refractivity contribution < 1.29 is 19.1 Å². The van der Waals surface area contributed by atoms with E-state index in [1.54, 1.807) is 11.8 Å². The van der Waals surface area contributed by atoms with E-state index in [4.69, 9.17) is 9.47 Å². The summed E-state index contributed by atoms with van der Waals surface area (Å²) in [5.74, 6) is 0.651. The summed E-state index contributed by atoms with van der Waals surface area (Å²) in [4.78, 5) is 27.1. The van der Waals surface area contributed by atoms with Gasteiger partial charge in [-0.3, -0.25) is 9.59 Å². The molecule has 25 heavy (non-hydrogen) atoms. The zero-order valence-corrected chi connectivity index (χ0v) is 14.9. The van der Waals surface area contributed by atoms with Gasteiger partial charge in [0.15, 0.2) is 0 Å². The van der Waals surface area contributed by atoms with E-state index in [0.717, 1.165) is 36.3 Å². The molecule has 1 N–H and O–H groups in total. The van der Waals surface area contributed by atoms with Crippen molar-refractivity contribution in [2.75, 3.05) is 25.1 Å². The van der Waals surface area contributed by atoms with Crippen LogP contribution in [0.4, 0.5) is 5.69 Å². The maximum atomic E-state index is 12.8. The second-order valence-electron chi connectivity index (χ2n) is 6.55. The molecule has 2 aliphatic heterocycles. The molecule has 0 unspecified atom stereocenters. The van der Waals surface area contributed by atoms with Gasteiger partial charge in [-0.2, -0.15) is 0 Å². The SMILES string of the molecule is CCO[C@@H](C)C(=O)N1CCCC[C@H]1C(=O)Nc1ccc2c(c1)CCO2. The Morgan fingerprint density at radius 3 is 3.04 bits per heavy atom. The second-order valence-corrected chi connectivity index (χ2v) is 6.55. The van der Waals surface area contributed by atoms with E-state index in [0.29, 0.717) is 26.2 Å². The molecule has 2 aliphatic rings. The van der Waals surface area contributed by atoms with Gasteiger partial charge in [-0.15, -0.1) is 0 Å². The summed E-state index contributed by atoms with van der Waals surface area (Å²) in [6.45, 7) is 5.38. The average molecular weight is 346 g/mol. The Morgan fingerprint density at radius 1 is 1.40 bits per heavy atom. The molecule has 0 saturated carbocycles. The number of nitrogens with zero attached hydrogens (tertiary/aromatic N) is 1. The van der Waals surface area contributed by atoms with Crippen molar-refractivity contribution in [1.29, 1.82) is 0 Å². The number of likely N-dealkylation sites (tertiary alicyclic amines) is 1. The minimum Gasteiger partial charge on any atom is -0.493 e. The van der Waals surface area contributed by atoms with Gasteiger partial charge in [-0.25, -0.2) is 0 Å². The summed E-state index contributed by atoms with van der Waals surface area (Å²) in [5.41, 5.74) is 1.87. The highest BCUT2D eigenvalue weighted by atomic mass is 16.5. The first kappa shape index (κ1) is 17.7. The van der Waals surface area contributed by atoms with Gasteiger partial charge in [-0.1, -0.05) is 0 Å². The number of hydrogen-bond donors (Lipinski definition) is 1. The number of rotatable bonds is 5. The Hall–Kier alpha value is -2.08. The van der Waals surface area contributed by atoms with Gasteiger partial charge in [-0.05, 0) is 56.9 Å². The van der Waals surface area contributed by atoms with E-state index >= 15 is 0 Å². The molecule has 0 radical (unpaired) electrons. The van der Waals surface area contributed by atoms with Crippen LogP contribution < -0.4 is 10.1 Å². The van der Waals surface area contributed by atoms with Crippen LogP contribution in [0.25, 0.3) is 0 Å². The van der Waals surface area contributed by atoms with E-state index in [2.05, 4.69) is 5.32 Å². The van der Waals surface area contributed by atoms with E-state index in [9.17, 15) is 9.59 Å². The van der Waals surface area contributed by atoms with Crippen LogP contribution in [0.15, 0.2) is 18.2 Å². The summed E-state index contributed by atoms with van der Waals surface area (Å²) in [6.07, 6.45) is 2.90. The molecule has 1 aromatic rings. The zero-order valence-electron chi connectivity index (χ0n) is 14.9. The number of nitrogens with one attached hydrogen (secondary N) is 1. The monoisotopic (exact) mass is 346 g/mol. The summed E-state index contributed by atoms with van der Waals surface area (Å²) < 4.78 is 10.9. The summed E-state index contributed by atoms with van der Waals surface area (Å²) >= 11 is 0. The van der Waals surface area contributed by atoms with Crippen LogP contribution in [0.2, 0.25) is 0 Å².